The van der Waals surface area contributed by atoms with Crippen molar-refractivity contribution < 1.29 is 0 Å². The highest BCUT2D eigenvalue weighted by Crippen LogP contribution is 2.34. The third-order valence-electron chi connectivity index (χ3n) is 3.84. The number of nitrogens with zero attached hydrogens (tertiary/aromatic N) is 1. The summed E-state index contributed by atoms with van der Waals surface area (Å²) in [6.07, 6.45) is 0. The van der Waals surface area contributed by atoms with Crippen LogP contribution >= 0.6 is 23.2 Å². The number of benzene rings is 3. The molecule has 4 heteroatoms. The normalized spacial score (nSPS) is 11.4. The van der Waals surface area contributed by atoms with Gasteiger partial charge < -0.3 is 10.3 Å². The van der Waals surface area contributed by atoms with Gasteiger partial charge in [0.2, 0.25) is 0 Å². The standard InChI is InChI=1S/C18H12Cl2N2/c19-11-1-7-15-16-8-2-12(20)10-18(16)22(17(15)9-11)14-5-3-13(21)4-6-14/h1-10H,21H2. The van der Waals surface area contributed by atoms with Crippen molar-refractivity contribution >= 4 is 50.7 Å². The maximum Gasteiger partial charge on any atom is 0.0555 e. The molecular weight excluding hydrogens is 315 g/mol. The zero-order chi connectivity index (χ0) is 15.3. The average Bonchev–Trinajstić information content (AvgIpc) is 2.80. The van der Waals surface area contributed by atoms with Crippen molar-refractivity contribution in [2.75, 3.05) is 5.73 Å². The van der Waals surface area contributed by atoms with E-state index >= 15 is 0 Å². The number of rotatable bonds is 1. The first kappa shape index (κ1) is 13.5. The van der Waals surface area contributed by atoms with Gasteiger partial charge in [-0.2, -0.15) is 0 Å². The van der Waals surface area contributed by atoms with Crippen LogP contribution in [0.1, 0.15) is 0 Å². The van der Waals surface area contributed by atoms with Crippen molar-refractivity contribution in [2.45, 2.75) is 0 Å². The molecule has 108 valence electrons. The zero-order valence-corrected chi connectivity index (χ0v) is 13.1. The molecule has 1 heterocycles. The Morgan fingerprint density at radius 3 is 1.68 bits per heavy atom. The van der Waals surface area contributed by atoms with Crippen molar-refractivity contribution in [1.82, 2.24) is 4.57 Å². The summed E-state index contributed by atoms with van der Waals surface area (Å²) in [5, 5.41) is 3.71. The van der Waals surface area contributed by atoms with Gasteiger partial charge in [0.15, 0.2) is 0 Å². The molecule has 0 unspecified atom stereocenters. The van der Waals surface area contributed by atoms with E-state index in [1.807, 2.05) is 60.7 Å². The number of hydrogen-bond donors (Lipinski definition) is 1. The van der Waals surface area contributed by atoms with E-state index in [1.165, 1.54) is 0 Å². The molecule has 22 heavy (non-hydrogen) atoms. The lowest BCUT2D eigenvalue weighted by atomic mass is 10.1. The van der Waals surface area contributed by atoms with E-state index in [2.05, 4.69) is 4.57 Å². The maximum atomic E-state index is 6.20. The van der Waals surface area contributed by atoms with Gasteiger partial charge in [0.05, 0.1) is 11.0 Å². The van der Waals surface area contributed by atoms with Crippen molar-refractivity contribution in [3.05, 3.63) is 70.7 Å². The van der Waals surface area contributed by atoms with Crippen LogP contribution in [0.2, 0.25) is 10.0 Å². The largest absolute Gasteiger partial charge is 0.399 e. The van der Waals surface area contributed by atoms with E-state index in [0.29, 0.717) is 10.0 Å². The molecule has 0 bridgehead atoms. The maximum absolute atomic E-state index is 6.20. The van der Waals surface area contributed by atoms with E-state index in [0.717, 1.165) is 33.2 Å². The molecule has 0 radical (unpaired) electrons. The molecule has 2 N–H and O–H groups in total. The SMILES string of the molecule is Nc1ccc(-n2c3cc(Cl)ccc3c3ccc(Cl)cc32)cc1. The summed E-state index contributed by atoms with van der Waals surface area (Å²) in [6, 6.07) is 19.6. The second kappa shape index (κ2) is 4.94. The molecule has 0 aliphatic carbocycles. The first-order chi connectivity index (χ1) is 10.6. The highest BCUT2D eigenvalue weighted by molar-refractivity contribution is 6.32. The van der Waals surface area contributed by atoms with Gasteiger partial charge in [0.25, 0.3) is 0 Å². The molecule has 4 rings (SSSR count). The van der Waals surface area contributed by atoms with E-state index in [-0.39, 0.29) is 0 Å². The summed E-state index contributed by atoms with van der Waals surface area (Å²) in [4.78, 5) is 0. The molecule has 0 amide bonds. The fourth-order valence-electron chi connectivity index (χ4n) is 2.87. The number of halogens is 2. The van der Waals surface area contributed by atoms with E-state index in [1.54, 1.807) is 0 Å². The van der Waals surface area contributed by atoms with Gasteiger partial charge in [-0.1, -0.05) is 35.3 Å². The number of hydrogen-bond acceptors (Lipinski definition) is 1. The lowest BCUT2D eigenvalue weighted by Gasteiger charge is -2.08. The minimum absolute atomic E-state index is 0.707. The van der Waals surface area contributed by atoms with E-state index in [9.17, 15) is 0 Å². The number of nitrogen functional groups attached to an aromatic ring is 1. The Kier molecular flexibility index (Phi) is 3.03. The van der Waals surface area contributed by atoms with Crippen LogP contribution < -0.4 is 5.73 Å². The fourth-order valence-corrected chi connectivity index (χ4v) is 3.20. The van der Waals surface area contributed by atoms with Gasteiger partial charge in [0, 0.05) is 32.2 Å². The molecule has 0 saturated carbocycles. The topological polar surface area (TPSA) is 30.9 Å². The third kappa shape index (κ3) is 2.04. The molecule has 1 aromatic heterocycles. The van der Waals surface area contributed by atoms with Gasteiger partial charge in [-0.3, -0.25) is 0 Å². The van der Waals surface area contributed by atoms with Gasteiger partial charge >= 0.3 is 0 Å². The van der Waals surface area contributed by atoms with Gasteiger partial charge in [-0.25, -0.2) is 0 Å². The van der Waals surface area contributed by atoms with Crippen LogP contribution in [0.25, 0.3) is 27.5 Å². The summed E-state index contributed by atoms with van der Waals surface area (Å²) in [7, 11) is 0. The third-order valence-corrected chi connectivity index (χ3v) is 4.31. The summed E-state index contributed by atoms with van der Waals surface area (Å²) < 4.78 is 2.15. The Morgan fingerprint density at radius 2 is 1.18 bits per heavy atom. The molecule has 0 aliphatic rings. The monoisotopic (exact) mass is 326 g/mol. The van der Waals surface area contributed by atoms with Gasteiger partial charge in [-0.15, -0.1) is 0 Å². The molecule has 4 aromatic rings. The van der Waals surface area contributed by atoms with Gasteiger partial charge in [-0.05, 0) is 48.5 Å². The fraction of sp³-hybridized carbons (Fsp3) is 0. The van der Waals surface area contributed by atoms with Crippen molar-refractivity contribution in [3.8, 4) is 5.69 Å². The predicted octanol–water partition coefficient (Wildman–Crippen LogP) is 5.67. The van der Waals surface area contributed by atoms with Crippen LogP contribution in [-0.4, -0.2) is 4.57 Å². The first-order valence-electron chi connectivity index (χ1n) is 6.88. The Morgan fingerprint density at radius 1 is 0.682 bits per heavy atom. The smallest absolute Gasteiger partial charge is 0.0555 e. The minimum Gasteiger partial charge on any atom is -0.399 e. The Balaban J connectivity index is 2.19. The van der Waals surface area contributed by atoms with Crippen LogP contribution in [0.15, 0.2) is 60.7 Å². The summed E-state index contributed by atoms with van der Waals surface area (Å²) in [6.45, 7) is 0. The lowest BCUT2D eigenvalue weighted by Crippen LogP contribution is -1.94. The molecule has 3 aromatic carbocycles. The van der Waals surface area contributed by atoms with Crippen molar-refractivity contribution in [2.24, 2.45) is 0 Å². The van der Waals surface area contributed by atoms with E-state index in [4.69, 9.17) is 28.9 Å². The molecule has 0 aliphatic heterocycles. The number of aromatic nitrogens is 1. The minimum atomic E-state index is 0.707. The molecule has 0 fully saturated rings. The second-order valence-electron chi connectivity index (χ2n) is 5.25. The highest BCUT2D eigenvalue weighted by atomic mass is 35.5. The zero-order valence-electron chi connectivity index (χ0n) is 11.6. The van der Waals surface area contributed by atoms with Crippen LogP contribution in [0.5, 0.6) is 0 Å². The number of fused-ring (bicyclic) bond motifs is 3. The van der Waals surface area contributed by atoms with Crippen LogP contribution in [-0.2, 0) is 0 Å². The molecule has 0 saturated heterocycles. The Hall–Kier alpha value is -2.16. The predicted molar refractivity (Wildman–Crippen MR) is 95.2 cm³/mol. The summed E-state index contributed by atoms with van der Waals surface area (Å²) in [5.41, 5.74) is 9.67. The van der Waals surface area contributed by atoms with Crippen molar-refractivity contribution in [3.63, 3.8) is 0 Å². The van der Waals surface area contributed by atoms with Crippen LogP contribution in [0, 0.1) is 0 Å². The number of nitrogens with two attached hydrogens (primary N) is 1. The van der Waals surface area contributed by atoms with Crippen molar-refractivity contribution in [1.29, 1.82) is 0 Å². The van der Waals surface area contributed by atoms with Crippen LogP contribution in [0.4, 0.5) is 5.69 Å². The summed E-state index contributed by atoms with van der Waals surface area (Å²) in [5.74, 6) is 0. The van der Waals surface area contributed by atoms with Crippen LogP contribution in [0.3, 0.4) is 0 Å². The molecule has 0 atom stereocenters. The highest BCUT2D eigenvalue weighted by Gasteiger charge is 2.12. The quantitative estimate of drug-likeness (QED) is 0.449. The lowest BCUT2D eigenvalue weighted by molar-refractivity contribution is 1.18. The Labute approximate surface area is 137 Å². The van der Waals surface area contributed by atoms with E-state index < -0.39 is 0 Å². The average molecular weight is 327 g/mol. The number of anilines is 1. The second-order valence-corrected chi connectivity index (χ2v) is 6.12. The molecule has 0 spiro atoms. The summed E-state index contributed by atoms with van der Waals surface area (Å²) >= 11 is 12.4. The van der Waals surface area contributed by atoms with Gasteiger partial charge in [0.1, 0.15) is 0 Å². The first-order valence-corrected chi connectivity index (χ1v) is 7.64. The Bertz CT molecular complexity index is 942. The molecular formula is C18H12Cl2N2. The molecule has 2 nitrogen and oxygen atoms in total.